The summed E-state index contributed by atoms with van der Waals surface area (Å²) >= 11 is 0. The summed E-state index contributed by atoms with van der Waals surface area (Å²) in [6.07, 6.45) is 9.57. The van der Waals surface area contributed by atoms with Gasteiger partial charge in [-0.25, -0.2) is 19.9 Å². The van der Waals surface area contributed by atoms with Crippen molar-refractivity contribution in [3.63, 3.8) is 0 Å². The predicted octanol–water partition coefficient (Wildman–Crippen LogP) is 3.83. The number of piperidine rings is 1. The minimum atomic E-state index is 0.356. The minimum absolute atomic E-state index is 0.356. The monoisotopic (exact) mass is 420 g/mol. The Labute approximate surface area is 184 Å². The number of nitriles is 1. The summed E-state index contributed by atoms with van der Waals surface area (Å²) in [6.45, 7) is 2.05. The molecule has 0 radical (unpaired) electrons. The van der Waals surface area contributed by atoms with E-state index >= 15 is 0 Å². The van der Waals surface area contributed by atoms with Gasteiger partial charge in [0.1, 0.15) is 17.3 Å². The fourth-order valence-corrected chi connectivity index (χ4v) is 4.46. The summed E-state index contributed by atoms with van der Waals surface area (Å²) in [7, 11) is 0. The van der Waals surface area contributed by atoms with Crippen LogP contribution in [0.5, 0.6) is 0 Å². The Bertz CT molecular complexity index is 1480. The lowest BCUT2D eigenvalue weighted by atomic mass is 10.1. The van der Waals surface area contributed by atoms with Gasteiger partial charge >= 0.3 is 0 Å². The third kappa shape index (κ3) is 3.11. The highest BCUT2D eigenvalue weighted by molar-refractivity contribution is 5.94. The zero-order valence-corrected chi connectivity index (χ0v) is 17.3. The molecular weight excluding hydrogens is 400 g/mol. The van der Waals surface area contributed by atoms with Crippen molar-refractivity contribution in [1.29, 1.82) is 5.26 Å². The predicted molar refractivity (Wildman–Crippen MR) is 122 cm³/mol. The van der Waals surface area contributed by atoms with E-state index in [0.29, 0.717) is 17.4 Å². The first-order valence-electron chi connectivity index (χ1n) is 10.7. The van der Waals surface area contributed by atoms with Crippen LogP contribution in [0.1, 0.15) is 24.6 Å². The lowest BCUT2D eigenvalue weighted by Gasteiger charge is -2.24. The number of hydrogen-bond acceptors (Lipinski definition) is 6. The van der Waals surface area contributed by atoms with Gasteiger partial charge in [0.15, 0.2) is 5.65 Å². The molecule has 1 unspecified atom stereocenters. The van der Waals surface area contributed by atoms with Crippen LogP contribution >= 0.6 is 0 Å². The molecule has 5 aromatic rings. The first kappa shape index (κ1) is 18.7. The normalized spacial score (nSPS) is 16.4. The molecular formula is C24H20N8. The molecule has 2 N–H and O–H groups in total. The van der Waals surface area contributed by atoms with Crippen LogP contribution in [0, 0.1) is 11.3 Å². The summed E-state index contributed by atoms with van der Waals surface area (Å²) in [5.74, 6) is 0. The Hall–Kier alpha value is -4.09. The first-order valence-corrected chi connectivity index (χ1v) is 10.7. The first-order chi connectivity index (χ1) is 15.8. The van der Waals surface area contributed by atoms with Crippen molar-refractivity contribution in [2.75, 3.05) is 13.1 Å². The number of hydrogen-bond donors (Lipinski definition) is 2. The average Bonchev–Trinajstić information content (AvgIpc) is 3.48. The number of fused-ring (bicyclic) bond motifs is 2. The van der Waals surface area contributed by atoms with Crippen molar-refractivity contribution >= 4 is 22.2 Å². The van der Waals surface area contributed by atoms with Gasteiger partial charge in [-0.2, -0.15) is 5.26 Å². The lowest BCUT2D eigenvalue weighted by molar-refractivity contribution is 0.378. The van der Waals surface area contributed by atoms with Crippen molar-refractivity contribution < 1.29 is 0 Å². The Kier molecular flexibility index (Phi) is 4.40. The van der Waals surface area contributed by atoms with E-state index in [9.17, 15) is 0 Å². The highest BCUT2D eigenvalue weighted by atomic mass is 15.1. The van der Waals surface area contributed by atoms with Crippen LogP contribution in [0.3, 0.4) is 0 Å². The second-order valence-electron chi connectivity index (χ2n) is 8.05. The van der Waals surface area contributed by atoms with E-state index in [1.807, 2.05) is 18.6 Å². The van der Waals surface area contributed by atoms with E-state index in [0.717, 1.165) is 58.4 Å². The second kappa shape index (κ2) is 7.55. The summed E-state index contributed by atoms with van der Waals surface area (Å²) in [6, 6.07) is 12.4. The Balaban J connectivity index is 1.45. The van der Waals surface area contributed by atoms with Crippen LogP contribution in [-0.2, 0) is 0 Å². The minimum Gasteiger partial charge on any atom is -0.344 e. The summed E-state index contributed by atoms with van der Waals surface area (Å²) in [4.78, 5) is 21.3. The van der Waals surface area contributed by atoms with Crippen LogP contribution in [0.4, 0.5) is 0 Å². The van der Waals surface area contributed by atoms with Gasteiger partial charge in [-0.05, 0) is 49.2 Å². The zero-order valence-electron chi connectivity index (χ0n) is 17.3. The largest absolute Gasteiger partial charge is 0.344 e. The molecule has 32 heavy (non-hydrogen) atoms. The van der Waals surface area contributed by atoms with Gasteiger partial charge in [0.25, 0.3) is 0 Å². The maximum absolute atomic E-state index is 9.16. The molecule has 1 saturated heterocycles. The van der Waals surface area contributed by atoms with E-state index in [-0.39, 0.29) is 0 Å². The highest BCUT2D eigenvalue weighted by Gasteiger charge is 2.18. The smallest absolute Gasteiger partial charge is 0.156 e. The van der Waals surface area contributed by atoms with E-state index < -0.39 is 0 Å². The summed E-state index contributed by atoms with van der Waals surface area (Å²) in [5.41, 5.74) is 7.57. The van der Waals surface area contributed by atoms with Gasteiger partial charge in [-0.3, -0.25) is 0 Å². The SMILES string of the molecule is N#Cc1cc(-c2cnc3[nH]cc(-c4ccc5ncn(C6CCCNC6)c5c4)c3n2)ccn1. The number of benzene rings is 1. The van der Waals surface area contributed by atoms with Crippen molar-refractivity contribution in [3.8, 4) is 28.5 Å². The fraction of sp³-hybridized carbons (Fsp3) is 0.208. The molecule has 8 heteroatoms. The average molecular weight is 420 g/mol. The molecule has 0 aliphatic carbocycles. The molecule has 8 nitrogen and oxygen atoms in total. The van der Waals surface area contributed by atoms with Crippen LogP contribution in [0.25, 0.3) is 44.6 Å². The summed E-state index contributed by atoms with van der Waals surface area (Å²) < 4.78 is 2.29. The van der Waals surface area contributed by atoms with Crippen molar-refractivity contribution in [1.82, 2.24) is 34.8 Å². The van der Waals surface area contributed by atoms with E-state index in [4.69, 9.17) is 10.2 Å². The Morgan fingerprint density at radius 1 is 1.09 bits per heavy atom. The van der Waals surface area contributed by atoms with Gasteiger partial charge < -0.3 is 14.9 Å². The maximum atomic E-state index is 9.16. The molecule has 1 aliphatic heterocycles. The molecule has 0 spiro atoms. The Morgan fingerprint density at radius 3 is 2.94 bits per heavy atom. The van der Waals surface area contributed by atoms with Crippen molar-refractivity contribution in [2.45, 2.75) is 18.9 Å². The van der Waals surface area contributed by atoms with Crippen LogP contribution in [-0.4, -0.2) is 42.6 Å². The standard InChI is InChI=1S/C24H20N8/c25-10-17-8-16(5-7-27-17)21-13-29-24-23(31-21)19(12-28-24)15-3-4-20-22(9-15)32(14-30-20)18-2-1-6-26-11-18/h3-5,7-9,12-14,18,26H,1-2,6,11H2,(H,28,29). The molecule has 6 rings (SSSR count). The number of aromatic amines is 1. The van der Waals surface area contributed by atoms with Gasteiger partial charge in [0, 0.05) is 36.1 Å². The third-order valence-corrected chi connectivity index (χ3v) is 6.10. The molecule has 0 bridgehead atoms. The van der Waals surface area contributed by atoms with Crippen LogP contribution in [0.2, 0.25) is 0 Å². The molecule has 1 fully saturated rings. The van der Waals surface area contributed by atoms with E-state index in [1.165, 1.54) is 6.42 Å². The number of H-pyrrole nitrogens is 1. The number of pyridine rings is 1. The number of imidazole rings is 1. The van der Waals surface area contributed by atoms with E-state index in [1.54, 1.807) is 18.5 Å². The highest BCUT2D eigenvalue weighted by Crippen LogP contribution is 2.32. The molecule has 1 aromatic carbocycles. The number of nitrogens with one attached hydrogen (secondary N) is 2. The zero-order chi connectivity index (χ0) is 21.5. The molecule has 0 saturated carbocycles. The van der Waals surface area contributed by atoms with Gasteiger partial charge in [-0.15, -0.1) is 0 Å². The van der Waals surface area contributed by atoms with Crippen molar-refractivity contribution in [3.05, 3.63) is 60.9 Å². The second-order valence-corrected chi connectivity index (χ2v) is 8.05. The molecule has 5 heterocycles. The lowest BCUT2D eigenvalue weighted by Crippen LogP contribution is -2.31. The number of nitrogens with zero attached hydrogens (tertiary/aromatic N) is 6. The Morgan fingerprint density at radius 2 is 2.06 bits per heavy atom. The molecule has 1 aliphatic rings. The van der Waals surface area contributed by atoms with Crippen molar-refractivity contribution in [2.24, 2.45) is 0 Å². The molecule has 156 valence electrons. The van der Waals surface area contributed by atoms with Gasteiger partial charge in [-0.1, -0.05) is 6.07 Å². The third-order valence-electron chi connectivity index (χ3n) is 6.10. The number of aromatic nitrogens is 6. The molecule has 4 aromatic heterocycles. The molecule has 1 atom stereocenters. The van der Waals surface area contributed by atoms with E-state index in [2.05, 4.69) is 54.1 Å². The summed E-state index contributed by atoms with van der Waals surface area (Å²) in [5, 5.41) is 12.6. The van der Waals surface area contributed by atoms with Gasteiger partial charge in [0.05, 0.1) is 29.3 Å². The fourth-order valence-electron chi connectivity index (χ4n) is 4.46. The maximum Gasteiger partial charge on any atom is 0.156 e. The quantitative estimate of drug-likeness (QED) is 0.459. The molecule has 0 amide bonds. The topological polar surface area (TPSA) is 108 Å². The van der Waals surface area contributed by atoms with Crippen LogP contribution in [0.15, 0.2) is 55.2 Å². The number of rotatable bonds is 3. The van der Waals surface area contributed by atoms with Crippen LogP contribution < -0.4 is 5.32 Å². The van der Waals surface area contributed by atoms with Gasteiger partial charge in [0.2, 0.25) is 0 Å².